The molecule has 8 nitrogen and oxygen atoms in total. The van der Waals surface area contributed by atoms with Crippen LogP contribution in [-0.4, -0.2) is 53.1 Å². The summed E-state index contributed by atoms with van der Waals surface area (Å²) in [6, 6.07) is 10.7. The van der Waals surface area contributed by atoms with Gasteiger partial charge in [0, 0.05) is 48.0 Å². The number of amides is 1. The first kappa shape index (κ1) is 21.2. The van der Waals surface area contributed by atoms with Crippen LogP contribution in [0.5, 0.6) is 0 Å². The summed E-state index contributed by atoms with van der Waals surface area (Å²) in [7, 11) is 0. The van der Waals surface area contributed by atoms with Crippen molar-refractivity contribution in [1.29, 1.82) is 0 Å². The molecule has 4 N–H and O–H groups in total. The molecule has 4 heterocycles. The Morgan fingerprint density at radius 3 is 2.82 bits per heavy atom. The van der Waals surface area contributed by atoms with E-state index in [2.05, 4.69) is 67.0 Å². The van der Waals surface area contributed by atoms with Crippen molar-refractivity contribution in [1.82, 2.24) is 30.9 Å². The number of imidazole rings is 1. The third-order valence-electron chi connectivity index (χ3n) is 6.19. The Morgan fingerprint density at radius 1 is 1.21 bits per heavy atom. The zero-order chi connectivity index (χ0) is 22.8. The number of hydrogen-bond donors (Lipinski definition) is 4. The lowest BCUT2D eigenvalue weighted by Gasteiger charge is -2.19. The van der Waals surface area contributed by atoms with Crippen LogP contribution in [0.4, 0.5) is 5.69 Å². The Bertz CT molecular complexity index is 1230. The van der Waals surface area contributed by atoms with E-state index >= 15 is 0 Å². The van der Waals surface area contributed by atoms with Gasteiger partial charge in [0.25, 0.3) is 5.91 Å². The van der Waals surface area contributed by atoms with E-state index in [1.807, 2.05) is 19.1 Å². The summed E-state index contributed by atoms with van der Waals surface area (Å²) in [4.78, 5) is 27.7. The highest BCUT2D eigenvalue weighted by atomic mass is 16.1. The molecular formula is C25H29N7O. The summed E-state index contributed by atoms with van der Waals surface area (Å²) < 4.78 is 0. The highest BCUT2D eigenvalue weighted by Crippen LogP contribution is 2.26. The molecule has 1 amide bonds. The van der Waals surface area contributed by atoms with Crippen molar-refractivity contribution in [2.24, 2.45) is 0 Å². The second kappa shape index (κ2) is 9.07. The fourth-order valence-electron chi connectivity index (χ4n) is 4.39. The number of pyridine rings is 1. The molecule has 2 aliphatic rings. The van der Waals surface area contributed by atoms with Gasteiger partial charge in [-0.1, -0.05) is 6.92 Å². The lowest BCUT2D eigenvalue weighted by Crippen LogP contribution is -2.32. The Hall–Kier alpha value is -3.65. The number of carbonyl (C=O) groups is 1. The molecule has 8 heteroatoms. The molecule has 0 saturated carbocycles. The molecule has 1 unspecified atom stereocenters. The average molecular weight is 444 g/mol. The van der Waals surface area contributed by atoms with Crippen LogP contribution in [0, 0.1) is 0 Å². The lowest BCUT2D eigenvalue weighted by molar-refractivity contribution is 0.0966. The molecule has 33 heavy (non-hydrogen) atoms. The van der Waals surface area contributed by atoms with Crippen molar-refractivity contribution in [3.63, 3.8) is 0 Å². The van der Waals surface area contributed by atoms with Gasteiger partial charge in [-0.05, 0) is 62.4 Å². The minimum Gasteiger partial charge on any atom is -0.383 e. The number of nitrogens with one attached hydrogen (secondary N) is 4. The van der Waals surface area contributed by atoms with Gasteiger partial charge in [0.15, 0.2) is 5.65 Å². The number of nitrogens with zero attached hydrogens (tertiary/aromatic N) is 3. The predicted octanol–water partition coefficient (Wildman–Crippen LogP) is 2.93. The van der Waals surface area contributed by atoms with Gasteiger partial charge in [-0.2, -0.15) is 0 Å². The number of likely N-dealkylation sites (N-methyl/N-ethyl adjacent to an activating group) is 1. The second-order valence-electron chi connectivity index (χ2n) is 8.53. The van der Waals surface area contributed by atoms with Crippen LogP contribution < -0.4 is 20.9 Å². The molecule has 1 atom stereocenters. The Labute approximate surface area is 193 Å². The van der Waals surface area contributed by atoms with Crippen LogP contribution >= 0.6 is 0 Å². The number of rotatable bonds is 6. The van der Waals surface area contributed by atoms with Crippen LogP contribution in [0.1, 0.15) is 30.6 Å². The minimum absolute atomic E-state index is 0.182. The Morgan fingerprint density at radius 2 is 2.06 bits per heavy atom. The summed E-state index contributed by atoms with van der Waals surface area (Å²) >= 11 is 0. The van der Waals surface area contributed by atoms with Gasteiger partial charge >= 0.3 is 0 Å². The van der Waals surface area contributed by atoms with Gasteiger partial charge < -0.3 is 25.8 Å². The fraction of sp³-hybridized carbons (Fsp3) is 0.320. The van der Waals surface area contributed by atoms with Gasteiger partial charge in [0.1, 0.15) is 5.82 Å². The summed E-state index contributed by atoms with van der Waals surface area (Å²) in [6.07, 6.45) is 6.65. The molecule has 2 aromatic heterocycles. The third-order valence-corrected chi connectivity index (χ3v) is 6.19. The normalized spacial score (nSPS) is 18.1. The van der Waals surface area contributed by atoms with E-state index in [0.717, 1.165) is 36.6 Å². The molecule has 3 aromatic rings. The van der Waals surface area contributed by atoms with Crippen molar-refractivity contribution in [3.8, 4) is 11.4 Å². The van der Waals surface area contributed by atoms with E-state index in [9.17, 15) is 4.79 Å². The third kappa shape index (κ3) is 4.47. The predicted molar refractivity (Wildman–Crippen MR) is 131 cm³/mol. The number of allylic oxidation sites excluding steroid dienone is 3. The number of carbonyl (C=O) groups excluding carboxylic acids is 1. The monoisotopic (exact) mass is 443 g/mol. The maximum absolute atomic E-state index is 12.9. The van der Waals surface area contributed by atoms with Crippen molar-refractivity contribution < 1.29 is 4.79 Å². The van der Waals surface area contributed by atoms with E-state index < -0.39 is 0 Å². The zero-order valence-corrected chi connectivity index (χ0v) is 19.0. The number of H-pyrrole nitrogens is 1. The SMILES string of the molecule is CCNC1CCN(c2ccc(-c3nc4nccc(C(=O)NC5=CC=C(C)NC5)c4[nH]3)cc2)C1. The smallest absolute Gasteiger partial charge is 0.257 e. The first-order valence-electron chi connectivity index (χ1n) is 11.5. The van der Waals surface area contributed by atoms with E-state index in [0.29, 0.717) is 35.1 Å². The molecule has 0 bridgehead atoms. The quantitative estimate of drug-likeness (QED) is 0.468. The number of aromatic amines is 1. The summed E-state index contributed by atoms with van der Waals surface area (Å²) in [5.41, 5.74) is 5.76. The topological polar surface area (TPSA) is 98.0 Å². The van der Waals surface area contributed by atoms with Gasteiger partial charge in [-0.25, -0.2) is 9.97 Å². The molecular weight excluding hydrogens is 414 g/mol. The molecule has 0 aliphatic carbocycles. The van der Waals surface area contributed by atoms with Gasteiger partial charge in [-0.15, -0.1) is 0 Å². The van der Waals surface area contributed by atoms with Crippen LogP contribution in [0.2, 0.25) is 0 Å². The highest BCUT2D eigenvalue weighted by molar-refractivity contribution is 6.05. The maximum Gasteiger partial charge on any atom is 0.257 e. The summed E-state index contributed by atoms with van der Waals surface area (Å²) in [5, 5.41) is 9.73. The zero-order valence-electron chi connectivity index (χ0n) is 19.0. The summed E-state index contributed by atoms with van der Waals surface area (Å²) in [5.74, 6) is 0.520. The van der Waals surface area contributed by atoms with E-state index in [4.69, 9.17) is 0 Å². The number of aromatic nitrogens is 3. The number of benzene rings is 1. The molecule has 5 rings (SSSR count). The molecule has 1 fully saturated rings. The second-order valence-corrected chi connectivity index (χ2v) is 8.53. The van der Waals surface area contributed by atoms with E-state index in [1.54, 1.807) is 12.3 Å². The maximum atomic E-state index is 12.9. The van der Waals surface area contributed by atoms with Crippen molar-refractivity contribution in [2.45, 2.75) is 26.3 Å². The van der Waals surface area contributed by atoms with E-state index in [1.165, 1.54) is 12.1 Å². The molecule has 1 aromatic carbocycles. The molecule has 0 radical (unpaired) electrons. The van der Waals surface area contributed by atoms with Crippen molar-refractivity contribution in [2.75, 3.05) is 31.1 Å². The van der Waals surface area contributed by atoms with Gasteiger partial charge in [0.2, 0.25) is 0 Å². The van der Waals surface area contributed by atoms with Crippen LogP contribution in [0.25, 0.3) is 22.6 Å². The van der Waals surface area contributed by atoms with E-state index in [-0.39, 0.29) is 5.91 Å². The first-order valence-corrected chi connectivity index (χ1v) is 11.5. The molecule has 0 spiro atoms. The molecule has 1 saturated heterocycles. The largest absolute Gasteiger partial charge is 0.383 e. The number of anilines is 1. The molecule has 170 valence electrons. The molecule has 2 aliphatic heterocycles. The van der Waals surface area contributed by atoms with Crippen molar-refractivity contribution in [3.05, 3.63) is 65.6 Å². The van der Waals surface area contributed by atoms with Crippen LogP contribution in [0.15, 0.2) is 60.1 Å². The Kier molecular flexibility index (Phi) is 5.83. The average Bonchev–Trinajstić information content (AvgIpc) is 3.48. The minimum atomic E-state index is -0.182. The summed E-state index contributed by atoms with van der Waals surface area (Å²) in [6.45, 7) is 7.83. The highest BCUT2D eigenvalue weighted by Gasteiger charge is 2.22. The number of hydrogen-bond acceptors (Lipinski definition) is 6. The first-order chi connectivity index (χ1) is 16.1. The standard InChI is InChI=1S/C25H29N7O/c1-3-26-19-11-13-32(15-19)20-8-5-17(6-9-20)23-30-22-21(10-12-27-24(22)31-23)25(33)29-18-7-4-16(2)28-14-18/h4-10,12,19,26,28H,3,11,13-15H2,1-2H3,(H,29,33)(H,27,30,31). The van der Waals surface area contributed by atoms with Crippen LogP contribution in [-0.2, 0) is 0 Å². The van der Waals surface area contributed by atoms with Crippen molar-refractivity contribution >= 4 is 22.8 Å². The number of fused-ring (bicyclic) bond motifs is 1. The number of dihydropyridines is 1. The van der Waals surface area contributed by atoms with Gasteiger partial charge in [0.05, 0.1) is 17.6 Å². The van der Waals surface area contributed by atoms with Gasteiger partial charge in [-0.3, -0.25) is 4.79 Å². The lowest BCUT2D eigenvalue weighted by atomic mass is 10.2. The van der Waals surface area contributed by atoms with Crippen LogP contribution in [0.3, 0.4) is 0 Å². The Balaban J connectivity index is 1.35. The fourth-order valence-corrected chi connectivity index (χ4v) is 4.39.